The number of halogens is 3. The predicted molar refractivity (Wildman–Crippen MR) is 94.5 cm³/mol. The van der Waals surface area contributed by atoms with Crippen LogP contribution in [0.4, 0.5) is 13.2 Å². The number of carbonyl (C=O) groups is 1. The summed E-state index contributed by atoms with van der Waals surface area (Å²) in [6.07, 6.45) is -2.59. The molecule has 2 N–H and O–H groups in total. The summed E-state index contributed by atoms with van der Waals surface area (Å²) >= 11 is 0. The van der Waals surface area contributed by atoms with E-state index >= 15 is 0 Å². The molecular formula is C17H24F3N3O3S. The van der Waals surface area contributed by atoms with Crippen molar-refractivity contribution in [1.29, 1.82) is 0 Å². The molecule has 0 heterocycles. The molecule has 1 amide bonds. The fourth-order valence-corrected chi connectivity index (χ4v) is 4.10. The lowest BCUT2D eigenvalue weighted by Crippen LogP contribution is -2.48. The first-order valence-corrected chi connectivity index (χ1v) is 10.1. The lowest BCUT2D eigenvalue weighted by molar-refractivity contribution is -0.139. The topological polar surface area (TPSA) is 78.5 Å². The Hall–Kier alpha value is -1.65. The molecule has 2 atom stereocenters. The van der Waals surface area contributed by atoms with E-state index < -0.39 is 38.6 Å². The first kappa shape index (κ1) is 21.6. The molecule has 1 aliphatic carbocycles. The van der Waals surface area contributed by atoms with Gasteiger partial charge in [-0.15, -0.1) is 0 Å². The fourth-order valence-electron chi connectivity index (χ4n) is 2.67. The zero-order valence-electron chi connectivity index (χ0n) is 15.4. The molecule has 1 aromatic carbocycles. The van der Waals surface area contributed by atoms with E-state index in [1.807, 2.05) is 18.7 Å². The van der Waals surface area contributed by atoms with Crippen molar-refractivity contribution < 1.29 is 26.4 Å². The minimum absolute atomic E-state index is 0.0659. The summed E-state index contributed by atoms with van der Waals surface area (Å²) in [6.45, 7) is 3.54. The number of nitrogens with zero attached hydrogens (tertiary/aromatic N) is 1. The normalized spacial score (nSPS) is 17.6. The lowest BCUT2D eigenvalue weighted by atomic mass is 10.2. The molecule has 0 radical (unpaired) electrons. The molecule has 0 aliphatic heterocycles. The summed E-state index contributed by atoms with van der Waals surface area (Å²) in [7, 11) is -2.56. The van der Waals surface area contributed by atoms with Crippen LogP contribution in [0.15, 0.2) is 29.2 Å². The summed E-state index contributed by atoms with van der Waals surface area (Å²) in [5, 5.41) is 2.63. The molecule has 27 heavy (non-hydrogen) atoms. The lowest BCUT2D eigenvalue weighted by Gasteiger charge is -2.25. The van der Waals surface area contributed by atoms with Gasteiger partial charge in [0.15, 0.2) is 0 Å². The van der Waals surface area contributed by atoms with Crippen molar-refractivity contribution in [3.05, 3.63) is 29.8 Å². The summed E-state index contributed by atoms with van der Waals surface area (Å²) in [5.74, 6) is -0.598. The molecule has 6 nitrogen and oxygen atoms in total. The van der Waals surface area contributed by atoms with Crippen LogP contribution in [0.3, 0.4) is 0 Å². The Morgan fingerprint density at radius 3 is 2.41 bits per heavy atom. The van der Waals surface area contributed by atoms with Crippen LogP contribution < -0.4 is 10.0 Å². The van der Waals surface area contributed by atoms with Crippen molar-refractivity contribution in [3.8, 4) is 0 Å². The van der Waals surface area contributed by atoms with Crippen molar-refractivity contribution in [3.63, 3.8) is 0 Å². The van der Waals surface area contributed by atoms with Crippen LogP contribution in [0.1, 0.15) is 32.3 Å². The molecule has 0 spiro atoms. The van der Waals surface area contributed by atoms with Crippen molar-refractivity contribution in [1.82, 2.24) is 14.9 Å². The summed E-state index contributed by atoms with van der Waals surface area (Å²) in [5.41, 5.74) is -1.27. The highest BCUT2D eigenvalue weighted by Crippen LogP contribution is 2.33. The van der Waals surface area contributed by atoms with E-state index in [0.717, 1.165) is 25.0 Å². The monoisotopic (exact) mass is 407 g/mol. The Morgan fingerprint density at radius 2 is 1.85 bits per heavy atom. The van der Waals surface area contributed by atoms with Gasteiger partial charge in [-0.05, 0) is 45.9 Å². The average molecular weight is 407 g/mol. The maximum absolute atomic E-state index is 13.1. The third-order valence-electron chi connectivity index (χ3n) is 4.60. The molecule has 1 fully saturated rings. The minimum atomic E-state index is -4.82. The van der Waals surface area contributed by atoms with Crippen LogP contribution in [0, 0.1) is 0 Å². The van der Waals surface area contributed by atoms with Crippen molar-refractivity contribution in [2.75, 3.05) is 13.6 Å². The molecule has 152 valence electrons. The van der Waals surface area contributed by atoms with Gasteiger partial charge in [-0.3, -0.25) is 9.69 Å². The highest BCUT2D eigenvalue weighted by molar-refractivity contribution is 7.89. The number of benzene rings is 1. The number of alkyl halides is 3. The van der Waals surface area contributed by atoms with Gasteiger partial charge in [0.05, 0.1) is 16.5 Å². The van der Waals surface area contributed by atoms with Crippen LogP contribution in [0.2, 0.25) is 0 Å². The maximum atomic E-state index is 13.1. The number of amides is 1. The summed E-state index contributed by atoms with van der Waals surface area (Å²) in [4.78, 5) is 13.4. The first-order valence-electron chi connectivity index (χ1n) is 8.61. The second-order valence-electron chi connectivity index (χ2n) is 6.83. The molecule has 1 aromatic rings. The summed E-state index contributed by atoms with van der Waals surface area (Å²) < 4.78 is 65.9. The van der Waals surface area contributed by atoms with Crippen LogP contribution in [0.5, 0.6) is 0 Å². The quantitative estimate of drug-likeness (QED) is 0.691. The van der Waals surface area contributed by atoms with Crippen LogP contribution in [0.25, 0.3) is 0 Å². The number of hydrogen-bond acceptors (Lipinski definition) is 4. The van der Waals surface area contributed by atoms with Gasteiger partial charge in [0, 0.05) is 18.6 Å². The van der Waals surface area contributed by atoms with Crippen molar-refractivity contribution >= 4 is 15.9 Å². The number of sulfonamides is 1. The van der Waals surface area contributed by atoms with E-state index in [0.29, 0.717) is 18.7 Å². The highest BCUT2D eigenvalue weighted by atomic mass is 32.2. The Morgan fingerprint density at radius 1 is 1.26 bits per heavy atom. The van der Waals surface area contributed by atoms with Gasteiger partial charge >= 0.3 is 6.18 Å². The van der Waals surface area contributed by atoms with Gasteiger partial charge in [0.25, 0.3) is 0 Å². The zero-order chi connectivity index (χ0) is 20.4. The van der Waals surface area contributed by atoms with E-state index in [1.54, 1.807) is 0 Å². The second-order valence-corrected chi connectivity index (χ2v) is 8.51. The van der Waals surface area contributed by atoms with E-state index in [9.17, 15) is 26.4 Å². The number of likely N-dealkylation sites (N-methyl/N-ethyl adjacent to an activating group) is 1. The SMILES string of the molecule is CC(CNC(=O)[C@H](C)NS(=O)(=O)c1ccccc1C(F)(F)F)N(C)C1CC1. The molecule has 1 unspecified atom stereocenters. The van der Waals surface area contributed by atoms with Gasteiger partial charge in [0.2, 0.25) is 15.9 Å². The molecule has 0 aromatic heterocycles. The number of rotatable bonds is 8. The van der Waals surface area contributed by atoms with E-state index in [-0.39, 0.29) is 6.04 Å². The Bertz CT molecular complexity index is 779. The smallest absolute Gasteiger partial charge is 0.353 e. The molecule has 2 rings (SSSR count). The van der Waals surface area contributed by atoms with Crippen LogP contribution >= 0.6 is 0 Å². The second kappa shape index (κ2) is 8.15. The van der Waals surface area contributed by atoms with Crippen LogP contribution in [-0.4, -0.2) is 50.9 Å². The molecule has 0 bridgehead atoms. The molecule has 10 heteroatoms. The van der Waals surface area contributed by atoms with Gasteiger partial charge in [-0.25, -0.2) is 8.42 Å². The highest BCUT2D eigenvalue weighted by Gasteiger charge is 2.37. The van der Waals surface area contributed by atoms with Gasteiger partial charge in [0.1, 0.15) is 0 Å². The van der Waals surface area contributed by atoms with Crippen molar-refractivity contribution in [2.24, 2.45) is 0 Å². The Kier molecular flexibility index (Phi) is 6.54. The maximum Gasteiger partial charge on any atom is 0.417 e. The van der Waals surface area contributed by atoms with E-state index in [4.69, 9.17) is 0 Å². The minimum Gasteiger partial charge on any atom is -0.353 e. The summed E-state index contributed by atoms with van der Waals surface area (Å²) in [6, 6.07) is 3.22. The van der Waals surface area contributed by atoms with Crippen molar-refractivity contribution in [2.45, 2.75) is 55.9 Å². The largest absolute Gasteiger partial charge is 0.417 e. The van der Waals surface area contributed by atoms with E-state index in [2.05, 4.69) is 10.2 Å². The molecule has 1 aliphatic rings. The zero-order valence-corrected chi connectivity index (χ0v) is 16.2. The standard InChI is InChI=1S/C17H24F3N3O3S/c1-11(23(3)13-8-9-13)10-21-16(24)12(2)22-27(25,26)15-7-5-4-6-14(15)17(18,19)20/h4-7,11-13,22H,8-10H2,1-3H3,(H,21,24)/t11?,12-/m0/s1. The predicted octanol–water partition coefficient (Wildman–Crippen LogP) is 1.97. The molecule has 1 saturated carbocycles. The molecular weight excluding hydrogens is 383 g/mol. The Balaban J connectivity index is 2.01. The van der Waals surface area contributed by atoms with Gasteiger partial charge < -0.3 is 5.32 Å². The van der Waals surface area contributed by atoms with Gasteiger partial charge in [-0.1, -0.05) is 12.1 Å². The third kappa shape index (κ3) is 5.66. The van der Waals surface area contributed by atoms with Crippen LogP contribution in [-0.2, 0) is 21.0 Å². The first-order chi connectivity index (χ1) is 12.4. The third-order valence-corrected chi connectivity index (χ3v) is 6.20. The number of carbonyl (C=O) groups excluding carboxylic acids is 1. The average Bonchev–Trinajstić information content (AvgIpc) is 3.42. The Labute approximate surface area is 157 Å². The fraction of sp³-hybridized carbons (Fsp3) is 0.588. The van der Waals surface area contributed by atoms with E-state index in [1.165, 1.54) is 13.0 Å². The number of nitrogens with one attached hydrogen (secondary N) is 2. The van der Waals surface area contributed by atoms with Gasteiger partial charge in [-0.2, -0.15) is 17.9 Å². The number of hydrogen-bond donors (Lipinski definition) is 2. The molecule has 0 saturated heterocycles.